The van der Waals surface area contributed by atoms with E-state index in [2.05, 4.69) is 26.0 Å². The number of hydrogen-bond acceptors (Lipinski definition) is 3. The Morgan fingerprint density at radius 2 is 1.27 bits per heavy atom. The molecule has 0 saturated carbocycles. The van der Waals surface area contributed by atoms with Crippen molar-refractivity contribution in [3.05, 3.63) is 29.3 Å². The second-order valence-corrected chi connectivity index (χ2v) is 11.2. The zero-order valence-corrected chi connectivity index (χ0v) is 22.4. The molecule has 0 heterocycles. The molecule has 0 amide bonds. The molecule has 192 valence electrons. The zero-order chi connectivity index (χ0) is 24.4. The van der Waals surface area contributed by atoms with Gasteiger partial charge in [-0.1, -0.05) is 110 Å². The first-order chi connectivity index (χ1) is 15.9. The van der Waals surface area contributed by atoms with E-state index in [1.54, 1.807) is 6.92 Å². The van der Waals surface area contributed by atoms with Crippen LogP contribution in [0.2, 0.25) is 0 Å². The minimum absolute atomic E-state index is 0.00351. The summed E-state index contributed by atoms with van der Waals surface area (Å²) in [7, 11) is -4.09. The van der Waals surface area contributed by atoms with Crippen LogP contribution >= 0.6 is 0 Å². The zero-order valence-electron chi connectivity index (χ0n) is 21.6. The van der Waals surface area contributed by atoms with Crippen LogP contribution in [0.4, 0.5) is 0 Å². The topological polar surface area (TPSA) is 63.6 Å². The van der Waals surface area contributed by atoms with E-state index in [1.165, 1.54) is 94.6 Å². The third-order valence-electron chi connectivity index (χ3n) is 6.54. The van der Waals surface area contributed by atoms with Crippen LogP contribution in [0.25, 0.3) is 0 Å². The highest BCUT2D eigenvalue weighted by atomic mass is 32.2. The first kappa shape index (κ1) is 30.0. The lowest BCUT2D eigenvalue weighted by atomic mass is 9.99. The van der Waals surface area contributed by atoms with Crippen molar-refractivity contribution in [3.8, 4) is 5.75 Å². The van der Waals surface area contributed by atoms with E-state index in [-0.39, 0.29) is 6.61 Å². The van der Waals surface area contributed by atoms with E-state index in [0.717, 1.165) is 25.0 Å². The molecule has 33 heavy (non-hydrogen) atoms. The molecule has 1 aromatic carbocycles. The number of ether oxygens (including phenoxy) is 1. The van der Waals surface area contributed by atoms with Gasteiger partial charge in [0.25, 0.3) is 10.1 Å². The molecule has 0 aliphatic heterocycles. The van der Waals surface area contributed by atoms with E-state index in [1.807, 2.05) is 6.07 Å². The second-order valence-electron chi connectivity index (χ2n) is 9.54. The smallest absolute Gasteiger partial charge is 0.271 e. The number of benzene rings is 1. The summed E-state index contributed by atoms with van der Waals surface area (Å²) in [4.78, 5) is 0. The Morgan fingerprint density at radius 3 is 1.79 bits per heavy atom. The predicted octanol–water partition coefficient (Wildman–Crippen LogP) is 8.32. The molecule has 0 saturated heterocycles. The molecular weight excluding hydrogens is 432 g/mol. The Morgan fingerprint density at radius 1 is 0.758 bits per heavy atom. The normalized spacial score (nSPS) is 12.7. The summed E-state index contributed by atoms with van der Waals surface area (Å²) >= 11 is 0. The first-order valence-electron chi connectivity index (χ1n) is 13.6. The second kappa shape index (κ2) is 18.3. The highest BCUT2D eigenvalue weighted by Crippen LogP contribution is 2.25. The number of unbranched alkanes of at least 4 members (excludes halogenated alkanes) is 12. The molecule has 0 aliphatic rings. The van der Waals surface area contributed by atoms with Crippen LogP contribution in [-0.4, -0.2) is 24.8 Å². The minimum atomic E-state index is -4.09. The molecule has 5 heteroatoms. The van der Waals surface area contributed by atoms with Gasteiger partial charge in [-0.15, -0.1) is 0 Å². The van der Waals surface area contributed by atoms with Crippen molar-refractivity contribution in [2.24, 2.45) is 0 Å². The van der Waals surface area contributed by atoms with Gasteiger partial charge in [0.05, 0.1) is 0 Å². The van der Waals surface area contributed by atoms with E-state index in [4.69, 9.17) is 4.74 Å². The fraction of sp³-hybridized carbons (Fsp3) is 0.786. The van der Waals surface area contributed by atoms with Crippen LogP contribution in [0.3, 0.4) is 0 Å². The molecule has 4 nitrogen and oxygen atoms in total. The van der Waals surface area contributed by atoms with Gasteiger partial charge in [-0.05, 0) is 49.3 Å². The molecule has 0 aromatic heterocycles. The minimum Gasteiger partial charge on any atom is -0.492 e. The maximum absolute atomic E-state index is 11.5. The van der Waals surface area contributed by atoms with Crippen LogP contribution in [0, 0.1) is 0 Å². The van der Waals surface area contributed by atoms with E-state index in [0.29, 0.717) is 6.42 Å². The lowest BCUT2D eigenvalue weighted by molar-refractivity contribution is 0.299. The highest BCUT2D eigenvalue weighted by Gasteiger charge is 2.22. The Labute approximate surface area is 204 Å². The van der Waals surface area contributed by atoms with E-state index < -0.39 is 15.4 Å². The molecule has 1 rings (SSSR count). The Balaban J connectivity index is 2.64. The van der Waals surface area contributed by atoms with Gasteiger partial charge in [-0.2, -0.15) is 8.42 Å². The molecule has 0 radical (unpaired) electrons. The summed E-state index contributed by atoms with van der Waals surface area (Å²) < 4.78 is 38.4. The largest absolute Gasteiger partial charge is 0.492 e. The molecule has 1 aromatic rings. The van der Waals surface area contributed by atoms with Gasteiger partial charge < -0.3 is 4.74 Å². The van der Waals surface area contributed by atoms with Crippen LogP contribution < -0.4 is 4.74 Å². The predicted molar refractivity (Wildman–Crippen MR) is 141 cm³/mol. The number of hydrogen-bond donors (Lipinski definition) is 1. The first-order valence-corrected chi connectivity index (χ1v) is 15.1. The van der Waals surface area contributed by atoms with Gasteiger partial charge in [-0.25, -0.2) is 0 Å². The third kappa shape index (κ3) is 14.0. The number of aryl methyl sites for hydroxylation is 2. The summed E-state index contributed by atoms with van der Waals surface area (Å²) in [5.74, 6) is 0.770. The van der Waals surface area contributed by atoms with Crippen molar-refractivity contribution in [1.29, 1.82) is 0 Å². The standard InChI is InChI=1S/C28H50O4S/c1-4-7-9-11-13-15-17-19-25-21-22-28(32-24-27(6-3)33(29,30)31)26(23-25)20-18-16-14-12-10-8-5-2/h21-23,27H,4-20,24H2,1-3H3,(H,29,30,31). The molecular formula is C28H50O4S. The third-order valence-corrected chi connectivity index (χ3v) is 7.86. The van der Waals surface area contributed by atoms with Crippen LogP contribution in [0.15, 0.2) is 18.2 Å². The Bertz CT molecular complexity index is 715. The summed E-state index contributed by atoms with van der Waals surface area (Å²) in [6, 6.07) is 6.39. The number of rotatable bonds is 21. The fourth-order valence-corrected chi connectivity index (χ4v) is 4.94. The van der Waals surface area contributed by atoms with Crippen LogP contribution in [0.1, 0.15) is 128 Å². The van der Waals surface area contributed by atoms with Gasteiger partial charge in [0.2, 0.25) is 0 Å². The molecule has 0 fully saturated rings. The highest BCUT2D eigenvalue weighted by molar-refractivity contribution is 7.86. The van der Waals surface area contributed by atoms with Crippen molar-refractivity contribution < 1.29 is 17.7 Å². The summed E-state index contributed by atoms with van der Waals surface area (Å²) in [5, 5.41) is -0.878. The Hall–Kier alpha value is -1.07. The van der Waals surface area contributed by atoms with Crippen molar-refractivity contribution in [2.45, 2.75) is 135 Å². The quantitative estimate of drug-likeness (QED) is 0.141. The van der Waals surface area contributed by atoms with Gasteiger partial charge in [0, 0.05) is 0 Å². The van der Waals surface area contributed by atoms with Gasteiger partial charge >= 0.3 is 0 Å². The van der Waals surface area contributed by atoms with E-state index >= 15 is 0 Å². The lowest BCUT2D eigenvalue weighted by Gasteiger charge is -2.17. The SMILES string of the molecule is CCCCCCCCCc1ccc(OCC(CC)S(=O)(=O)O)c(CCCCCCCCC)c1. The Kier molecular flexibility index (Phi) is 16.6. The molecule has 0 aliphatic carbocycles. The maximum atomic E-state index is 11.5. The molecule has 1 atom stereocenters. The van der Waals surface area contributed by atoms with Gasteiger partial charge in [0.1, 0.15) is 17.6 Å². The van der Waals surface area contributed by atoms with Crippen LogP contribution in [0.5, 0.6) is 5.75 Å². The van der Waals surface area contributed by atoms with Crippen LogP contribution in [-0.2, 0) is 23.0 Å². The summed E-state index contributed by atoms with van der Waals surface area (Å²) in [6.45, 7) is 6.25. The fourth-order valence-electron chi connectivity index (χ4n) is 4.28. The van der Waals surface area contributed by atoms with Crippen molar-refractivity contribution in [1.82, 2.24) is 0 Å². The molecule has 0 bridgehead atoms. The molecule has 1 unspecified atom stereocenters. The average Bonchev–Trinajstić information content (AvgIpc) is 2.78. The molecule has 0 spiro atoms. The van der Waals surface area contributed by atoms with Crippen molar-refractivity contribution in [3.63, 3.8) is 0 Å². The van der Waals surface area contributed by atoms with Crippen molar-refractivity contribution in [2.75, 3.05) is 6.61 Å². The van der Waals surface area contributed by atoms with Gasteiger partial charge in [0.15, 0.2) is 0 Å². The monoisotopic (exact) mass is 482 g/mol. The van der Waals surface area contributed by atoms with Crippen molar-refractivity contribution >= 4 is 10.1 Å². The van der Waals surface area contributed by atoms with E-state index in [9.17, 15) is 13.0 Å². The lowest BCUT2D eigenvalue weighted by Crippen LogP contribution is -2.27. The average molecular weight is 483 g/mol. The van der Waals surface area contributed by atoms with Gasteiger partial charge in [-0.3, -0.25) is 4.55 Å². The maximum Gasteiger partial charge on any atom is 0.271 e. The molecule has 1 N–H and O–H groups in total. The summed E-state index contributed by atoms with van der Waals surface area (Å²) in [6.07, 6.45) is 20.4. The summed E-state index contributed by atoms with van der Waals surface area (Å²) in [5.41, 5.74) is 2.52.